The van der Waals surface area contributed by atoms with Gasteiger partial charge in [-0.05, 0) is 42.7 Å². The van der Waals surface area contributed by atoms with Crippen LogP contribution < -0.4 is 0 Å². The molecule has 3 heterocycles. The summed E-state index contributed by atoms with van der Waals surface area (Å²) in [5, 5.41) is 4.06. The maximum absolute atomic E-state index is 13.0. The average Bonchev–Trinajstić information content (AvgIpc) is 3.30. The Morgan fingerprint density at radius 1 is 1.00 bits per heavy atom. The van der Waals surface area contributed by atoms with Crippen molar-refractivity contribution in [3.05, 3.63) is 60.2 Å². The van der Waals surface area contributed by atoms with Crippen LogP contribution in [0.5, 0.6) is 0 Å². The van der Waals surface area contributed by atoms with Crippen molar-refractivity contribution in [3.63, 3.8) is 0 Å². The van der Waals surface area contributed by atoms with E-state index in [9.17, 15) is 8.42 Å². The van der Waals surface area contributed by atoms with Gasteiger partial charge in [0.2, 0.25) is 21.7 Å². The van der Waals surface area contributed by atoms with E-state index in [2.05, 4.69) is 33.9 Å². The predicted molar refractivity (Wildman–Crippen MR) is 117 cm³/mol. The fourth-order valence-electron chi connectivity index (χ4n) is 3.68. The van der Waals surface area contributed by atoms with Crippen LogP contribution in [0, 0.1) is 0 Å². The summed E-state index contributed by atoms with van der Waals surface area (Å²) in [6, 6.07) is 10.8. The van der Waals surface area contributed by atoms with Crippen LogP contribution in [-0.2, 0) is 10.0 Å². The maximum atomic E-state index is 13.0. The largest absolute Gasteiger partial charge is 0.337 e. The highest BCUT2D eigenvalue weighted by atomic mass is 32.2. The van der Waals surface area contributed by atoms with Crippen LogP contribution in [0.15, 0.2) is 58.2 Å². The summed E-state index contributed by atoms with van der Waals surface area (Å²) in [7, 11) is -3.50. The number of rotatable bonds is 6. The first-order valence-corrected chi connectivity index (χ1v) is 11.9. The SMILES string of the molecule is CC(C)c1ccc(S(=O)(=O)N2CCN(C(C)c3nc(-c4cccnc4)no3)CC2)cc1. The lowest BCUT2D eigenvalue weighted by Gasteiger charge is -2.36. The lowest BCUT2D eigenvalue weighted by molar-refractivity contribution is 0.124. The number of hydrogen-bond donors (Lipinski definition) is 0. The monoisotopic (exact) mass is 441 g/mol. The maximum Gasteiger partial charge on any atom is 0.244 e. The minimum Gasteiger partial charge on any atom is -0.337 e. The fourth-order valence-corrected chi connectivity index (χ4v) is 5.10. The van der Waals surface area contributed by atoms with E-state index < -0.39 is 10.0 Å². The normalized spacial score (nSPS) is 17.2. The molecule has 1 unspecified atom stereocenters. The topological polar surface area (TPSA) is 92.4 Å². The van der Waals surface area contributed by atoms with E-state index in [1.54, 1.807) is 28.8 Å². The fraction of sp³-hybridized carbons (Fsp3) is 0.409. The van der Waals surface area contributed by atoms with Gasteiger partial charge in [0.1, 0.15) is 0 Å². The van der Waals surface area contributed by atoms with Crippen LogP contribution in [0.1, 0.15) is 44.2 Å². The van der Waals surface area contributed by atoms with E-state index in [0.717, 1.165) is 11.1 Å². The zero-order chi connectivity index (χ0) is 22.0. The Kier molecular flexibility index (Phi) is 6.17. The first-order chi connectivity index (χ1) is 14.9. The lowest BCUT2D eigenvalue weighted by atomic mass is 10.0. The molecule has 0 aliphatic carbocycles. The molecule has 1 atom stereocenters. The van der Waals surface area contributed by atoms with Crippen molar-refractivity contribution in [1.82, 2.24) is 24.3 Å². The Bertz CT molecular complexity index is 1110. The van der Waals surface area contributed by atoms with E-state index in [0.29, 0.717) is 48.7 Å². The minimum absolute atomic E-state index is 0.104. The summed E-state index contributed by atoms with van der Waals surface area (Å²) in [6.45, 7) is 8.20. The van der Waals surface area contributed by atoms with E-state index in [1.807, 2.05) is 31.2 Å². The zero-order valence-electron chi connectivity index (χ0n) is 18.0. The van der Waals surface area contributed by atoms with E-state index in [1.165, 1.54) is 0 Å². The van der Waals surface area contributed by atoms with E-state index in [-0.39, 0.29) is 6.04 Å². The second kappa shape index (κ2) is 8.86. The molecule has 3 aromatic rings. The first-order valence-electron chi connectivity index (χ1n) is 10.4. The molecule has 1 aliphatic heterocycles. The number of hydrogen-bond acceptors (Lipinski definition) is 7. The lowest BCUT2D eigenvalue weighted by Crippen LogP contribution is -2.49. The molecule has 2 aromatic heterocycles. The second-order valence-corrected chi connectivity index (χ2v) is 9.98. The third-order valence-corrected chi connectivity index (χ3v) is 7.64. The standard InChI is InChI=1S/C22H27N5O3S/c1-16(2)18-6-8-20(9-7-18)31(28,29)27-13-11-26(12-14-27)17(3)22-24-21(25-30-22)19-5-4-10-23-15-19/h4-10,15-17H,11-14H2,1-3H3. The van der Waals surface area contributed by atoms with Crippen molar-refractivity contribution in [1.29, 1.82) is 0 Å². The molecule has 0 spiro atoms. The third-order valence-electron chi connectivity index (χ3n) is 5.72. The summed E-state index contributed by atoms with van der Waals surface area (Å²) in [6.07, 6.45) is 3.38. The van der Waals surface area contributed by atoms with E-state index in [4.69, 9.17) is 4.52 Å². The van der Waals surface area contributed by atoms with Crippen molar-refractivity contribution in [3.8, 4) is 11.4 Å². The molecule has 1 fully saturated rings. The van der Waals surface area contributed by atoms with Gasteiger partial charge in [-0.25, -0.2) is 8.42 Å². The Hall–Kier alpha value is -2.62. The van der Waals surface area contributed by atoms with Crippen LogP contribution in [0.3, 0.4) is 0 Å². The highest BCUT2D eigenvalue weighted by Gasteiger charge is 2.32. The van der Waals surface area contributed by atoms with Crippen LogP contribution in [-0.4, -0.2) is 58.9 Å². The van der Waals surface area contributed by atoms with Crippen LogP contribution >= 0.6 is 0 Å². The van der Waals surface area contributed by atoms with Gasteiger partial charge in [-0.2, -0.15) is 9.29 Å². The summed E-state index contributed by atoms with van der Waals surface area (Å²) < 4.78 is 33.1. The van der Waals surface area contributed by atoms with Crippen molar-refractivity contribution in [2.45, 2.75) is 37.6 Å². The van der Waals surface area contributed by atoms with Gasteiger partial charge in [-0.15, -0.1) is 0 Å². The molecule has 0 bridgehead atoms. The molecule has 1 aliphatic rings. The smallest absolute Gasteiger partial charge is 0.244 e. The summed E-state index contributed by atoms with van der Waals surface area (Å²) >= 11 is 0. The van der Waals surface area contributed by atoms with Crippen molar-refractivity contribution in [2.24, 2.45) is 0 Å². The highest BCUT2D eigenvalue weighted by Crippen LogP contribution is 2.26. The van der Waals surface area contributed by atoms with E-state index >= 15 is 0 Å². The molecule has 1 saturated heterocycles. The Labute approximate surface area is 183 Å². The van der Waals surface area contributed by atoms with Crippen LogP contribution in [0.4, 0.5) is 0 Å². The molecule has 0 saturated carbocycles. The Balaban J connectivity index is 1.40. The molecule has 8 nitrogen and oxygen atoms in total. The molecule has 0 radical (unpaired) electrons. The van der Waals surface area contributed by atoms with Crippen LogP contribution in [0.2, 0.25) is 0 Å². The van der Waals surface area contributed by atoms with Gasteiger partial charge in [-0.1, -0.05) is 31.1 Å². The number of aromatic nitrogens is 3. The van der Waals surface area contributed by atoms with Crippen molar-refractivity contribution >= 4 is 10.0 Å². The van der Waals surface area contributed by atoms with Gasteiger partial charge in [0.25, 0.3) is 0 Å². The number of sulfonamides is 1. The number of pyridine rings is 1. The van der Waals surface area contributed by atoms with Gasteiger partial charge < -0.3 is 4.52 Å². The molecule has 0 amide bonds. The summed E-state index contributed by atoms with van der Waals surface area (Å²) in [5.74, 6) is 1.38. The highest BCUT2D eigenvalue weighted by molar-refractivity contribution is 7.89. The molecule has 31 heavy (non-hydrogen) atoms. The molecular weight excluding hydrogens is 414 g/mol. The van der Waals surface area contributed by atoms with Gasteiger partial charge in [0, 0.05) is 44.1 Å². The van der Waals surface area contributed by atoms with Gasteiger partial charge in [-0.3, -0.25) is 9.88 Å². The molecule has 0 N–H and O–H groups in total. The van der Waals surface area contributed by atoms with Crippen LogP contribution in [0.25, 0.3) is 11.4 Å². The third kappa shape index (κ3) is 4.53. The van der Waals surface area contributed by atoms with Gasteiger partial charge in [0.05, 0.1) is 10.9 Å². The first kappa shape index (κ1) is 21.6. The molecule has 9 heteroatoms. The second-order valence-electron chi connectivity index (χ2n) is 8.04. The van der Waals surface area contributed by atoms with Crippen molar-refractivity contribution in [2.75, 3.05) is 26.2 Å². The van der Waals surface area contributed by atoms with Crippen molar-refractivity contribution < 1.29 is 12.9 Å². The minimum atomic E-state index is -3.50. The average molecular weight is 442 g/mol. The quantitative estimate of drug-likeness (QED) is 0.579. The predicted octanol–water partition coefficient (Wildman–Crippen LogP) is 3.32. The summed E-state index contributed by atoms with van der Waals surface area (Å²) in [4.78, 5) is 11.1. The number of nitrogens with zero attached hydrogens (tertiary/aromatic N) is 5. The molecule has 1 aromatic carbocycles. The Morgan fingerprint density at radius 3 is 2.32 bits per heavy atom. The summed E-state index contributed by atoms with van der Waals surface area (Å²) in [5.41, 5.74) is 1.92. The molecular formula is C22H27N5O3S. The molecule has 164 valence electrons. The number of piperazine rings is 1. The number of benzene rings is 1. The van der Waals surface area contributed by atoms with Gasteiger partial charge >= 0.3 is 0 Å². The molecule has 4 rings (SSSR count). The Morgan fingerprint density at radius 2 is 1.71 bits per heavy atom. The van der Waals surface area contributed by atoms with Gasteiger partial charge in [0.15, 0.2) is 0 Å². The zero-order valence-corrected chi connectivity index (χ0v) is 18.8.